The summed E-state index contributed by atoms with van der Waals surface area (Å²) >= 11 is 0. The van der Waals surface area contributed by atoms with Gasteiger partial charge in [-0.2, -0.15) is 0 Å². The number of hydrogen-bond donors (Lipinski definition) is 0. The van der Waals surface area contributed by atoms with E-state index in [1.54, 1.807) is 0 Å². The zero-order valence-electron chi connectivity index (χ0n) is 6.51. The van der Waals surface area contributed by atoms with Crippen molar-refractivity contribution in [1.82, 2.24) is 0 Å². The van der Waals surface area contributed by atoms with Crippen molar-refractivity contribution in [2.75, 3.05) is 13.2 Å². The third-order valence-electron chi connectivity index (χ3n) is 1.50. The molecule has 1 fully saturated rings. The minimum Gasteiger partial charge on any atom is -0.352 e. The second-order valence-electron chi connectivity index (χ2n) is 2.49. The molecule has 1 rings (SSSR count). The highest BCUT2D eigenvalue weighted by atomic mass is 16.7. The molecule has 1 heterocycles. The zero-order chi connectivity index (χ0) is 7.23. The van der Waals surface area contributed by atoms with Crippen molar-refractivity contribution < 1.29 is 9.47 Å². The lowest BCUT2D eigenvalue weighted by Gasteiger charge is -2.22. The summed E-state index contributed by atoms with van der Waals surface area (Å²) in [5.41, 5.74) is 0. The monoisotopic (exact) mass is 143 g/mol. The number of rotatable bonds is 3. The molecule has 0 spiro atoms. The van der Waals surface area contributed by atoms with Crippen LogP contribution in [0.15, 0.2) is 0 Å². The Morgan fingerprint density at radius 2 is 2.10 bits per heavy atom. The van der Waals surface area contributed by atoms with Crippen LogP contribution in [0.4, 0.5) is 0 Å². The van der Waals surface area contributed by atoms with Crippen LogP contribution in [0.2, 0.25) is 0 Å². The van der Waals surface area contributed by atoms with Crippen molar-refractivity contribution in [3.63, 3.8) is 0 Å². The van der Waals surface area contributed by atoms with Gasteiger partial charge in [0, 0.05) is 6.42 Å². The molecule has 1 aliphatic rings. The Morgan fingerprint density at radius 1 is 1.40 bits per heavy atom. The average molecular weight is 143 g/mol. The fourth-order valence-corrected chi connectivity index (χ4v) is 0.945. The molecule has 59 valence electrons. The Labute approximate surface area is 62.5 Å². The summed E-state index contributed by atoms with van der Waals surface area (Å²) in [6.45, 7) is 3.86. The summed E-state index contributed by atoms with van der Waals surface area (Å²) in [5, 5.41) is 0. The van der Waals surface area contributed by atoms with Gasteiger partial charge in [0.15, 0.2) is 6.29 Å². The minimum absolute atomic E-state index is 0.0197. The molecule has 0 N–H and O–H groups in total. The maximum Gasteiger partial charge on any atom is 0.160 e. The summed E-state index contributed by atoms with van der Waals surface area (Å²) in [6, 6.07) is 0. The van der Waals surface area contributed by atoms with Gasteiger partial charge in [0.05, 0.1) is 13.2 Å². The summed E-state index contributed by atoms with van der Waals surface area (Å²) in [4.78, 5) is 0. The quantitative estimate of drug-likeness (QED) is 0.599. The molecule has 0 unspecified atom stereocenters. The highest BCUT2D eigenvalue weighted by molar-refractivity contribution is 4.70. The van der Waals surface area contributed by atoms with E-state index in [1.807, 2.05) is 0 Å². The Balaban J connectivity index is 2.02. The average Bonchev–Trinajstić information content (AvgIpc) is 2.03. The van der Waals surface area contributed by atoms with Crippen LogP contribution in [0.5, 0.6) is 0 Å². The van der Waals surface area contributed by atoms with Gasteiger partial charge in [-0.1, -0.05) is 13.3 Å². The fourth-order valence-electron chi connectivity index (χ4n) is 0.945. The third-order valence-corrected chi connectivity index (χ3v) is 1.50. The second kappa shape index (κ2) is 4.69. The van der Waals surface area contributed by atoms with Crippen LogP contribution in [0.3, 0.4) is 0 Å². The molecule has 0 amide bonds. The molecule has 10 heavy (non-hydrogen) atoms. The summed E-state index contributed by atoms with van der Waals surface area (Å²) in [6.07, 6.45) is 5.37. The Kier molecular flexibility index (Phi) is 3.76. The van der Waals surface area contributed by atoms with Crippen molar-refractivity contribution in [3.05, 3.63) is 6.42 Å². The van der Waals surface area contributed by atoms with E-state index in [2.05, 4.69) is 13.3 Å². The first-order chi connectivity index (χ1) is 4.93. The van der Waals surface area contributed by atoms with E-state index in [0.717, 1.165) is 26.1 Å². The van der Waals surface area contributed by atoms with Crippen molar-refractivity contribution in [1.29, 1.82) is 0 Å². The van der Waals surface area contributed by atoms with Crippen molar-refractivity contribution in [2.45, 2.75) is 32.5 Å². The minimum atomic E-state index is -0.0197. The van der Waals surface area contributed by atoms with Crippen LogP contribution in [-0.2, 0) is 9.47 Å². The smallest absolute Gasteiger partial charge is 0.160 e. The van der Waals surface area contributed by atoms with Crippen molar-refractivity contribution >= 4 is 0 Å². The topological polar surface area (TPSA) is 18.5 Å². The van der Waals surface area contributed by atoms with E-state index in [1.165, 1.54) is 6.42 Å². The highest BCUT2D eigenvalue weighted by Crippen LogP contribution is 2.09. The molecule has 0 saturated carbocycles. The predicted octanol–water partition coefficient (Wildman–Crippen LogP) is 1.75. The fraction of sp³-hybridized carbons (Fsp3) is 0.875. The Bertz CT molecular complexity index is 77.3. The maximum absolute atomic E-state index is 5.30. The van der Waals surface area contributed by atoms with Gasteiger partial charge >= 0.3 is 0 Å². The van der Waals surface area contributed by atoms with Gasteiger partial charge in [0.1, 0.15) is 0 Å². The van der Waals surface area contributed by atoms with E-state index in [-0.39, 0.29) is 6.29 Å². The van der Waals surface area contributed by atoms with Crippen LogP contribution in [-0.4, -0.2) is 19.5 Å². The van der Waals surface area contributed by atoms with Crippen LogP contribution < -0.4 is 0 Å². The molecule has 1 radical (unpaired) electrons. The van der Waals surface area contributed by atoms with Gasteiger partial charge in [0.2, 0.25) is 0 Å². The molecule has 0 aromatic carbocycles. The molecular formula is C8H15O2. The van der Waals surface area contributed by atoms with Gasteiger partial charge in [0.25, 0.3) is 0 Å². The molecule has 1 aliphatic heterocycles. The van der Waals surface area contributed by atoms with Gasteiger partial charge in [-0.15, -0.1) is 0 Å². The SMILES string of the molecule is CCC[CH]C1OCCCO1. The third kappa shape index (κ3) is 2.67. The molecule has 2 nitrogen and oxygen atoms in total. The molecule has 0 aliphatic carbocycles. The lowest BCUT2D eigenvalue weighted by molar-refractivity contribution is -0.160. The first-order valence-electron chi connectivity index (χ1n) is 4.00. The zero-order valence-corrected chi connectivity index (χ0v) is 6.51. The molecular weight excluding hydrogens is 128 g/mol. The summed E-state index contributed by atoms with van der Waals surface area (Å²) < 4.78 is 10.6. The van der Waals surface area contributed by atoms with E-state index < -0.39 is 0 Å². The Hall–Kier alpha value is -0.0800. The van der Waals surface area contributed by atoms with Gasteiger partial charge < -0.3 is 9.47 Å². The summed E-state index contributed by atoms with van der Waals surface area (Å²) in [7, 11) is 0. The second-order valence-corrected chi connectivity index (χ2v) is 2.49. The standard InChI is InChI=1S/C8H15O2/c1-2-3-5-8-9-6-4-7-10-8/h5,8H,2-4,6-7H2,1H3. The lowest BCUT2D eigenvalue weighted by atomic mass is 10.2. The van der Waals surface area contributed by atoms with Crippen LogP contribution >= 0.6 is 0 Å². The van der Waals surface area contributed by atoms with Crippen LogP contribution in [0, 0.1) is 6.42 Å². The largest absolute Gasteiger partial charge is 0.352 e. The van der Waals surface area contributed by atoms with Crippen LogP contribution in [0.25, 0.3) is 0 Å². The molecule has 0 aromatic rings. The van der Waals surface area contributed by atoms with E-state index >= 15 is 0 Å². The van der Waals surface area contributed by atoms with Crippen LogP contribution in [0.1, 0.15) is 26.2 Å². The van der Waals surface area contributed by atoms with Gasteiger partial charge in [-0.25, -0.2) is 0 Å². The van der Waals surface area contributed by atoms with Crippen molar-refractivity contribution in [3.8, 4) is 0 Å². The van der Waals surface area contributed by atoms with E-state index in [9.17, 15) is 0 Å². The molecule has 2 heteroatoms. The Morgan fingerprint density at radius 3 is 2.70 bits per heavy atom. The van der Waals surface area contributed by atoms with E-state index in [0.29, 0.717) is 0 Å². The first kappa shape index (κ1) is 8.02. The molecule has 1 saturated heterocycles. The molecule has 0 aromatic heterocycles. The molecule has 0 bridgehead atoms. The van der Waals surface area contributed by atoms with Crippen molar-refractivity contribution in [2.24, 2.45) is 0 Å². The van der Waals surface area contributed by atoms with Gasteiger partial charge in [-0.05, 0) is 12.8 Å². The number of ether oxygens (including phenoxy) is 2. The summed E-state index contributed by atoms with van der Waals surface area (Å²) in [5.74, 6) is 0. The normalized spacial score (nSPS) is 21.3. The number of hydrogen-bond acceptors (Lipinski definition) is 2. The first-order valence-corrected chi connectivity index (χ1v) is 4.00. The van der Waals surface area contributed by atoms with E-state index in [4.69, 9.17) is 9.47 Å². The predicted molar refractivity (Wildman–Crippen MR) is 39.5 cm³/mol. The maximum atomic E-state index is 5.30. The molecule has 0 atom stereocenters. The lowest BCUT2D eigenvalue weighted by Crippen LogP contribution is -2.24. The highest BCUT2D eigenvalue weighted by Gasteiger charge is 2.12. The number of unbranched alkanes of at least 4 members (excludes halogenated alkanes) is 1. The van der Waals surface area contributed by atoms with Gasteiger partial charge in [-0.3, -0.25) is 0 Å².